The fourth-order valence-corrected chi connectivity index (χ4v) is 5.03. The van der Waals surface area contributed by atoms with Crippen LogP contribution in [0.5, 0.6) is 5.75 Å². The number of carbonyl (C=O) groups is 1. The average molecular weight is 378 g/mol. The first kappa shape index (κ1) is 18.1. The summed E-state index contributed by atoms with van der Waals surface area (Å²) < 4.78 is 6.15. The summed E-state index contributed by atoms with van der Waals surface area (Å²) in [5, 5.41) is 10.5. The van der Waals surface area contributed by atoms with Crippen LogP contribution in [0.15, 0.2) is 18.2 Å². The summed E-state index contributed by atoms with van der Waals surface area (Å²) in [6.07, 6.45) is 5.69. The minimum atomic E-state index is -0.630. The van der Waals surface area contributed by atoms with E-state index in [1.807, 2.05) is 36.9 Å². The van der Waals surface area contributed by atoms with Gasteiger partial charge in [0, 0.05) is 24.4 Å². The number of carbonyl (C=O) groups excluding carboxylic acids is 1. The summed E-state index contributed by atoms with van der Waals surface area (Å²) >= 11 is 6.25. The average Bonchev–Trinajstić information content (AvgIpc) is 2.54. The number of hydrogen-bond acceptors (Lipinski definition) is 3. The molecule has 1 aliphatic heterocycles. The maximum atomic E-state index is 12.5. The Labute approximate surface area is 160 Å². The highest BCUT2D eigenvalue weighted by Crippen LogP contribution is 2.47. The molecule has 4 rings (SSSR count). The Morgan fingerprint density at radius 2 is 1.92 bits per heavy atom. The normalized spacial score (nSPS) is 30.6. The molecule has 4 nitrogen and oxygen atoms in total. The molecule has 3 aliphatic rings. The smallest absolute Gasteiger partial charge is 0.225 e. The summed E-state index contributed by atoms with van der Waals surface area (Å²) in [4.78, 5) is 14.5. The van der Waals surface area contributed by atoms with E-state index in [0.29, 0.717) is 17.9 Å². The zero-order valence-electron chi connectivity index (χ0n) is 15.6. The summed E-state index contributed by atoms with van der Waals surface area (Å²) in [7, 11) is 0. The van der Waals surface area contributed by atoms with Crippen LogP contribution in [0.1, 0.15) is 51.0 Å². The van der Waals surface area contributed by atoms with Crippen molar-refractivity contribution in [1.29, 1.82) is 0 Å². The van der Waals surface area contributed by atoms with Crippen LogP contribution in [0.3, 0.4) is 0 Å². The van der Waals surface area contributed by atoms with Crippen molar-refractivity contribution in [3.05, 3.63) is 28.8 Å². The Morgan fingerprint density at radius 3 is 2.54 bits per heavy atom. The molecule has 3 fully saturated rings. The Hall–Kier alpha value is -1.26. The van der Waals surface area contributed by atoms with Crippen LogP contribution in [0.25, 0.3) is 0 Å². The number of likely N-dealkylation sites (tertiary alicyclic amines) is 1. The fourth-order valence-electron chi connectivity index (χ4n) is 4.87. The van der Waals surface area contributed by atoms with Crippen LogP contribution in [0.2, 0.25) is 5.02 Å². The SMILES string of the molecule is Cc1ccc(Cl)c(OC2CCC3(CC2)CN(C(=O)C2CC(C)(O)C2)C3)c1. The van der Waals surface area contributed by atoms with Crippen molar-refractivity contribution in [2.75, 3.05) is 13.1 Å². The molecule has 2 aliphatic carbocycles. The third kappa shape index (κ3) is 3.46. The maximum absolute atomic E-state index is 12.5. The number of aliphatic hydroxyl groups is 1. The van der Waals surface area contributed by atoms with E-state index < -0.39 is 5.60 Å². The first-order valence-corrected chi connectivity index (χ1v) is 10.1. The van der Waals surface area contributed by atoms with Crippen LogP contribution in [-0.4, -0.2) is 40.7 Å². The molecule has 1 aromatic carbocycles. The number of amides is 1. The van der Waals surface area contributed by atoms with E-state index in [4.69, 9.17) is 16.3 Å². The molecule has 0 unspecified atom stereocenters. The molecule has 1 amide bonds. The lowest BCUT2D eigenvalue weighted by Gasteiger charge is -2.55. The van der Waals surface area contributed by atoms with Crippen LogP contribution in [-0.2, 0) is 4.79 Å². The van der Waals surface area contributed by atoms with Crippen LogP contribution < -0.4 is 4.74 Å². The largest absolute Gasteiger partial charge is 0.489 e. The van der Waals surface area contributed by atoms with E-state index in [-0.39, 0.29) is 23.3 Å². The Balaban J connectivity index is 1.26. The summed E-state index contributed by atoms with van der Waals surface area (Å²) in [5.74, 6) is 1.06. The van der Waals surface area contributed by atoms with Crippen LogP contribution in [0.4, 0.5) is 0 Å². The van der Waals surface area contributed by atoms with Gasteiger partial charge < -0.3 is 14.7 Å². The third-order valence-corrected chi connectivity index (χ3v) is 6.77. The molecule has 1 saturated heterocycles. The molecule has 0 aromatic heterocycles. The molecule has 1 heterocycles. The van der Waals surface area contributed by atoms with Crippen molar-refractivity contribution in [2.24, 2.45) is 11.3 Å². The lowest BCUT2D eigenvalue weighted by Crippen LogP contribution is -2.63. The number of rotatable bonds is 3. The number of hydrogen-bond donors (Lipinski definition) is 1. The number of benzene rings is 1. The monoisotopic (exact) mass is 377 g/mol. The second-order valence-electron chi connectivity index (χ2n) is 9.05. The van der Waals surface area contributed by atoms with Gasteiger partial charge in [0.05, 0.1) is 16.7 Å². The highest BCUT2D eigenvalue weighted by molar-refractivity contribution is 6.32. The van der Waals surface area contributed by atoms with E-state index in [0.717, 1.165) is 50.1 Å². The van der Waals surface area contributed by atoms with Crippen LogP contribution in [0, 0.1) is 18.3 Å². The minimum Gasteiger partial charge on any atom is -0.489 e. The van der Waals surface area contributed by atoms with Crippen molar-refractivity contribution in [3.63, 3.8) is 0 Å². The molecule has 2 saturated carbocycles. The Kier molecular flexibility index (Phi) is 4.47. The zero-order chi connectivity index (χ0) is 18.5. The number of ether oxygens (including phenoxy) is 1. The highest BCUT2D eigenvalue weighted by atomic mass is 35.5. The molecule has 5 heteroatoms. The molecule has 1 aromatic rings. The molecular formula is C21H28ClNO3. The van der Waals surface area contributed by atoms with E-state index in [1.54, 1.807) is 0 Å². The van der Waals surface area contributed by atoms with Gasteiger partial charge in [-0.05, 0) is 70.1 Å². The van der Waals surface area contributed by atoms with Gasteiger partial charge in [-0.2, -0.15) is 0 Å². The van der Waals surface area contributed by atoms with Gasteiger partial charge in [0.15, 0.2) is 0 Å². The van der Waals surface area contributed by atoms with Crippen molar-refractivity contribution < 1.29 is 14.6 Å². The van der Waals surface area contributed by atoms with Gasteiger partial charge in [-0.15, -0.1) is 0 Å². The quantitative estimate of drug-likeness (QED) is 0.867. The van der Waals surface area contributed by atoms with Gasteiger partial charge in [0.1, 0.15) is 5.75 Å². The summed E-state index contributed by atoms with van der Waals surface area (Å²) in [6.45, 7) is 5.61. The number of halogens is 1. The molecule has 26 heavy (non-hydrogen) atoms. The molecule has 1 spiro atoms. The number of nitrogens with zero attached hydrogens (tertiary/aromatic N) is 1. The predicted molar refractivity (Wildman–Crippen MR) is 101 cm³/mol. The van der Waals surface area contributed by atoms with Gasteiger partial charge >= 0.3 is 0 Å². The summed E-state index contributed by atoms with van der Waals surface area (Å²) in [6, 6.07) is 5.89. The Bertz CT molecular complexity index is 693. The zero-order valence-corrected chi connectivity index (χ0v) is 16.4. The first-order chi connectivity index (χ1) is 12.3. The van der Waals surface area contributed by atoms with Gasteiger partial charge in [0.2, 0.25) is 5.91 Å². The third-order valence-electron chi connectivity index (χ3n) is 6.46. The van der Waals surface area contributed by atoms with Gasteiger partial charge in [-0.25, -0.2) is 0 Å². The van der Waals surface area contributed by atoms with E-state index in [1.165, 1.54) is 0 Å². The molecule has 0 radical (unpaired) electrons. The standard InChI is InChI=1S/C21H28ClNO3/c1-14-3-4-17(22)18(9-14)26-16-5-7-21(8-6-16)12-23(13-21)19(24)15-10-20(2,25)11-15/h3-4,9,15-16,25H,5-8,10-13H2,1-2H3. The second-order valence-corrected chi connectivity index (χ2v) is 9.45. The topological polar surface area (TPSA) is 49.8 Å². The lowest BCUT2D eigenvalue weighted by atomic mass is 9.66. The molecular weight excluding hydrogens is 350 g/mol. The van der Waals surface area contributed by atoms with Crippen molar-refractivity contribution in [3.8, 4) is 5.75 Å². The number of aryl methyl sites for hydroxylation is 1. The van der Waals surface area contributed by atoms with Gasteiger partial charge in [0.25, 0.3) is 0 Å². The summed E-state index contributed by atoms with van der Waals surface area (Å²) in [5.41, 5.74) is 0.813. The van der Waals surface area contributed by atoms with E-state index in [9.17, 15) is 9.90 Å². The van der Waals surface area contributed by atoms with Crippen LogP contribution >= 0.6 is 11.6 Å². The van der Waals surface area contributed by atoms with E-state index in [2.05, 4.69) is 0 Å². The van der Waals surface area contributed by atoms with E-state index >= 15 is 0 Å². The molecule has 0 bridgehead atoms. The Morgan fingerprint density at radius 1 is 1.27 bits per heavy atom. The van der Waals surface area contributed by atoms with Crippen molar-refractivity contribution in [2.45, 2.75) is 64.1 Å². The molecule has 1 N–H and O–H groups in total. The van der Waals surface area contributed by atoms with Crippen molar-refractivity contribution in [1.82, 2.24) is 4.90 Å². The predicted octanol–water partition coefficient (Wildman–Crippen LogP) is 3.96. The first-order valence-electron chi connectivity index (χ1n) is 9.69. The minimum absolute atomic E-state index is 0.0329. The fraction of sp³-hybridized carbons (Fsp3) is 0.667. The second kappa shape index (κ2) is 6.42. The molecule has 142 valence electrons. The maximum Gasteiger partial charge on any atom is 0.225 e. The molecule has 0 atom stereocenters. The lowest BCUT2D eigenvalue weighted by molar-refractivity contribution is -0.164. The van der Waals surface area contributed by atoms with Crippen molar-refractivity contribution >= 4 is 17.5 Å². The van der Waals surface area contributed by atoms with Gasteiger partial charge in [-0.1, -0.05) is 17.7 Å². The highest BCUT2D eigenvalue weighted by Gasteiger charge is 2.51. The van der Waals surface area contributed by atoms with Gasteiger partial charge in [-0.3, -0.25) is 4.79 Å².